The third-order valence-corrected chi connectivity index (χ3v) is 12.7. The van der Waals surface area contributed by atoms with Crippen LogP contribution in [0.1, 0.15) is 74.9 Å². The van der Waals surface area contributed by atoms with Gasteiger partial charge in [0.15, 0.2) is 23.0 Å². The molecule has 2 N–H and O–H groups in total. The van der Waals surface area contributed by atoms with Crippen LogP contribution in [0.3, 0.4) is 0 Å². The molecule has 0 radical (unpaired) electrons. The molecule has 2 bridgehead atoms. The molecule has 15 nitrogen and oxygen atoms in total. The third kappa shape index (κ3) is 6.44. The number of aromatic hydroxyl groups is 1. The number of hydrogen-bond acceptors (Lipinski definition) is 15. The number of imide groups is 1. The number of esters is 1. The summed E-state index contributed by atoms with van der Waals surface area (Å²) >= 11 is 1.57. The number of rotatable bonds is 9. The van der Waals surface area contributed by atoms with Crippen molar-refractivity contribution in [2.45, 2.75) is 69.6 Å². The number of nitrogens with zero attached hydrogens (tertiary/aromatic N) is 3. The summed E-state index contributed by atoms with van der Waals surface area (Å²) < 4.78 is 35.1. The van der Waals surface area contributed by atoms with Crippen LogP contribution >= 0.6 is 11.8 Å². The number of ether oxygens (including phenoxy) is 5. The zero-order valence-corrected chi connectivity index (χ0v) is 33.8. The number of piperazine rings is 1. The zero-order valence-electron chi connectivity index (χ0n) is 33.0. The number of nitriles is 1. The summed E-state index contributed by atoms with van der Waals surface area (Å²) in [6.07, 6.45) is 0.995. The second kappa shape index (κ2) is 15.6. The van der Waals surface area contributed by atoms with Crippen LogP contribution in [0.5, 0.6) is 28.7 Å². The maximum atomic E-state index is 13.6. The standard InChI is InChI=1S/C43H42N4O11S/c1-7-13-46-26-16-24-14-20(3)36(53-6)35(49)30(24)33(46)34-40(59-8-2)32-31(39-38(55-19-56-39)21(4)37(32)57-22(5)48)28(47(34)27(26)17-44)18-54-43(52)45-41(50)25-15-23-11-9-10-12-29(23)58-42(25)51/h7,9-12,14-15,26-28,33-34,40,49H,1,8,13,16,18-19H2,2-6H3,(H,45,50,52)/t26-,27-,28-,33-,34?,40+/m0/s1. The summed E-state index contributed by atoms with van der Waals surface area (Å²) in [4.78, 5) is 56.8. The number of carbonyl (C=O) groups is 3. The smallest absolute Gasteiger partial charge is 0.414 e. The van der Waals surface area contributed by atoms with E-state index < -0.39 is 71.2 Å². The van der Waals surface area contributed by atoms with E-state index in [0.29, 0.717) is 63.6 Å². The van der Waals surface area contributed by atoms with Crippen molar-refractivity contribution in [1.82, 2.24) is 15.1 Å². The molecule has 8 rings (SSSR count). The predicted molar refractivity (Wildman–Crippen MR) is 215 cm³/mol. The van der Waals surface area contributed by atoms with Gasteiger partial charge in [0.1, 0.15) is 29.5 Å². The Morgan fingerprint density at radius 2 is 1.88 bits per heavy atom. The van der Waals surface area contributed by atoms with Crippen molar-refractivity contribution >= 4 is 40.7 Å². The zero-order chi connectivity index (χ0) is 41.9. The highest BCUT2D eigenvalue weighted by atomic mass is 32.2. The number of phenolic OH excluding ortho intramolecular Hbond substituents is 1. The number of nitrogens with one attached hydrogen (secondary N) is 1. The summed E-state index contributed by atoms with van der Waals surface area (Å²) in [6.45, 7) is 10.8. The monoisotopic (exact) mass is 822 g/mol. The molecule has 5 heterocycles. The molecule has 2 amide bonds. The Morgan fingerprint density at radius 1 is 1.12 bits per heavy atom. The van der Waals surface area contributed by atoms with Crippen molar-refractivity contribution in [2.75, 3.05) is 32.8 Å². The van der Waals surface area contributed by atoms with Gasteiger partial charge in [-0.25, -0.2) is 9.59 Å². The van der Waals surface area contributed by atoms with E-state index in [4.69, 9.17) is 28.1 Å². The Balaban J connectivity index is 1.30. The maximum absolute atomic E-state index is 13.6. The first-order valence-electron chi connectivity index (χ1n) is 19.1. The lowest BCUT2D eigenvalue weighted by atomic mass is 9.71. The van der Waals surface area contributed by atoms with Crippen molar-refractivity contribution in [1.29, 1.82) is 5.26 Å². The van der Waals surface area contributed by atoms with Crippen molar-refractivity contribution in [3.63, 3.8) is 0 Å². The van der Waals surface area contributed by atoms with Crippen molar-refractivity contribution in [2.24, 2.45) is 0 Å². The molecule has 1 aromatic heterocycles. The molecule has 306 valence electrons. The third-order valence-electron chi connectivity index (χ3n) is 11.5. The van der Waals surface area contributed by atoms with Gasteiger partial charge in [0.05, 0.1) is 30.5 Å². The molecule has 16 heteroatoms. The molecule has 1 fully saturated rings. The Morgan fingerprint density at radius 3 is 2.59 bits per heavy atom. The summed E-state index contributed by atoms with van der Waals surface area (Å²) in [7, 11) is 1.50. The molecular formula is C43H42N4O11S. The molecule has 4 aromatic rings. The molecule has 4 aliphatic rings. The number of amides is 2. The fourth-order valence-electron chi connectivity index (χ4n) is 9.44. The first-order valence-corrected chi connectivity index (χ1v) is 20.2. The summed E-state index contributed by atoms with van der Waals surface area (Å²) in [5, 5.41) is 25.4. The number of alkyl carbamates (subject to hydrolysis) is 1. The fourth-order valence-corrected chi connectivity index (χ4v) is 10.7. The number of carbonyl (C=O) groups excluding carboxylic acids is 3. The van der Waals surface area contributed by atoms with Gasteiger partial charge in [-0.1, -0.05) is 37.3 Å². The minimum absolute atomic E-state index is 0.0210. The lowest BCUT2D eigenvalue weighted by molar-refractivity contribution is -0.132. The van der Waals surface area contributed by atoms with E-state index in [-0.39, 0.29) is 23.9 Å². The minimum Gasteiger partial charge on any atom is -0.504 e. The van der Waals surface area contributed by atoms with E-state index in [1.54, 1.807) is 49.0 Å². The molecule has 0 aliphatic carbocycles. The lowest BCUT2D eigenvalue weighted by Crippen LogP contribution is -2.70. The van der Waals surface area contributed by atoms with E-state index in [1.807, 2.05) is 24.8 Å². The quantitative estimate of drug-likeness (QED) is 0.0875. The number of para-hydroxylation sites is 1. The highest BCUT2D eigenvalue weighted by molar-refractivity contribution is 7.99. The molecular weight excluding hydrogens is 781 g/mol. The molecule has 6 atom stereocenters. The largest absolute Gasteiger partial charge is 0.504 e. The molecule has 0 saturated carbocycles. The van der Waals surface area contributed by atoms with E-state index >= 15 is 0 Å². The van der Waals surface area contributed by atoms with Gasteiger partial charge in [-0.05, 0) is 49.3 Å². The first-order chi connectivity index (χ1) is 28.4. The number of fused-ring (bicyclic) bond motifs is 10. The van der Waals surface area contributed by atoms with Crippen LogP contribution in [0.15, 0.2) is 58.3 Å². The summed E-state index contributed by atoms with van der Waals surface area (Å²) in [5.41, 5.74) is 2.80. The van der Waals surface area contributed by atoms with Gasteiger partial charge >= 0.3 is 17.7 Å². The van der Waals surface area contributed by atoms with Gasteiger partial charge in [-0.15, -0.1) is 6.58 Å². The van der Waals surface area contributed by atoms with Gasteiger partial charge in [0.2, 0.25) is 6.79 Å². The highest BCUT2D eigenvalue weighted by Crippen LogP contribution is 2.64. The molecule has 4 aliphatic heterocycles. The molecule has 1 unspecified atom stereocenters. The average Bonchev–Trinajstić information content (AvgIpc) is 3.69. The molecule has 1 saturated heterocycles. The lowest BCUT2D eigenvalue weighted by Gasteiger charge is -2.62. The first kappa shape index (κ1) is 39.8. The van der Waals surface area contributed by atoms with Gasteiger partial charge in [-0.3, -0.25) is 24.7 Å². The van der Waals surface area contributed by atoms with Gasteiger partial charge in [0.25, 0.3) is 5.91 Å². The van der Waals surface area contributed by atoms with Gasteiger partial charge in [0, 0.05) is 53.2 Å². The van der Waals surface area contributed by atoms with Crippen LogP contribution in [-0.2, 0) is 16.0 Å². The number of phenols is 1. The Labute approximate surface area is 343 Å². The van der Waals surface area contributed by atoms with E-state index in [1.165, 1.54) is 20.1 Å². The molecule has 59 heavy (non-hydrogen) atoms. The Hall–Kier alpha value is -6.02. The van der Waals surface area contributed by atoms with Crippen LogP contribution < -0.4 is 29.9 Å². The van der Waals surface area contributed by atoms with Crippen LogP contribution in [-0.4, -0.2) is 83.8 Å². The number of methoxy groups -OCH3 is 1. The second-order valence-electron chi connectivity index (χ2n) is 14.7. The minimum atomic E-state index is -1.16. The van der Waals surface area contributed by atoms with Crippen molar-refractivity contribution in [3.8, 4) is 34.8 Å². The van der Waals surface area contributed by atoms with Gasteiger partial charge < -0.3 is 33.2 Å². The second-order valence-corrected chi connectivity index (χ2v) is 16.1. The molecule has 3 aromatic carbocycles. The van der Waals surface area contributed by atoms with Crippen LogP contribution in [0.25, 0.3) is 11.0 Å². The van der Waals surface area contributed by atoms with Crippen LogP contribution in [0.4, 0.5) is 4.79 Å². The van der Waals surface area contributed by atoms with Crippen LogP contribution in [0, 0.1) is 25.2 Å². The Kier molecular flexibility index (Phi) is 10.5. The summed E-state index contributed by atoms with van der Waals surface area (Å²) in [5.74, 6) is 0.244. The van der Waals surface area contributed by atoms with Crippen LogP contribution in [0.2, 0.25) is 0 Å². The Bertz CT molecular complexity index is 2530. The highest BCUT2D eigenvalue weighted by Gasteiger charge is 2.61. The maximum Gasteiger partial charge on any atom is 0.414 e. The number of aryl methyl sites for hydroxylation is 1. The van der Waals surface area contributed by atoms with E-state index in [9.17, 15) is 29.5 Å². The summed E-state index contributed by atoms with van der Waals surface area (Å²) in [6, 6.07) is 9.12. The van der Waals surface area contributed by atoms with Gasteiger partial charge in [-0.2, -0.15) is 17.0 Å². The number of benzene rings is 3. The van der Waals surface area contributed by atoms with Crippen molar-refractivity contribution < 1.29 is 47.6 Å². The van der Waals surface area contributed by atoms with E-state index in [0.717, 1.165) is 11.1 Å². The normalized spacial score (nSPS) is 22.6. The topological polar surface area (TPSA) is 190 Å². The number of thioether (sulfide) groups is 1. The fraction of sp³-hybridized carbons (Fsp3) is 0.372. The van der Waals surface area contributed by atoms with Crippen molar-refractivity contribution in [3.05, 3.63) is 98.4 Å². The average molecular weight is 823 g/mol. The SMILES string of the molecule is C=CCN1[C@H]2c3c(cc(C)c(OC)c3O)C[C@H]1[C@H](C#N)N1C2[C@H](SCC)c2c(OC(C)=O)c(C)c3c(c2[C@@H]1COC(=O)NC(=O)c1cc2ccccc2oc1=O)OCO3. The van der Waals surface area contributed by atoms with E-state index in [2.05, 4.69) is 22.9 Å². The predicted octanol–water partition coefficient (Wildman–Crippen LogP) is 5.92. The number of hydrogen-bond donors (Lipinski definition) is 2. The molecule has 0 spiro atoms.